The lowest BCUT2D eigenvalue weighted by Gasteiger charge is -1.92. The van der Waals surface area contributed by atoms with Gasteiger partial charge in [0.25, 0.3) is 0 Å². The minimum atomic E-state index is 1.12. The van der Waals surface area contributed by atoms with Gasteiger partial charge in [-0.15, -0.1) is 0 Å². The Balaban J connectivity index is 2.73. The molecule has 1 heterocycles. The molecule has 0 bridgehead atoms. The molecule has 0 saturated heterocycles. The number of hydrogen-bond acceptors (Lipinski definition) is 1. The molecule has 0 atom stereocenters. The first-order chi connectivity index (χ1) is 4.74. The molecule has 10 heavy (non-hydrogen) atoms. The molecular formula is C9H15N. The van der Waals surface area contributed by atoms with Gasteiger partial charge in [-0.1, -0.05) is 12.5 Å². The first-order valence-corrected chi connectivity index (χ1v) is 3.96. The maximum absolute atomic E-state index is 4.50. The molecule has 0 unspecified atom stereocenters. The molecule has 0 spiro atoms. The zero-order chi connectivity index (χ0) is 7.56. The van der Waals surface area contributed by atoms with Crippen molar-refractivity contribution in [2.45, 2.75) is 40.0 Å². The van der Waals surface area contributed by atoms with E-state index in [1.165, 1.54) is 29.8 Å². The van der Waals surface area contributed by atoms with Gasteiger partial charge in [0.1, 0.15) is 0 Å². The Morgan fingerprint density at radius 2 is 2.10 bits per heavy atom. The highest BCUT2D eigenvalue weighted by atomic mass is 14.8. The first kappa shape index (κ1) is 7.52. The maximum atomic E-state index is 4.50. The van der Waals surface area contributed by atoms with Crippen LogP contribution >= 0.6 is 0 Å². The minimum Gasteiger partial charge on any atom is -0.262 e. The van der Waals surface area contributed by atoms with Gasteiger partial charge >= 0.3 is 0 Å². The SMILES string of the molecule is CCC1=NC(=C(C)C)CC1. The Bertz CT molecular complexity index is 183. The number of allylic oxidation sites excluding steroid dienone is 2. The van der Waals surface area contributed by atoms with E-state index in [1.54, 1.807) is 0 Å². The Labute approximate surface area is 62.9 Å². The third-order valence-electron chi connectivity index (χ3n) is 1.93. The van der Waals surface area contributed by atoms with Crippen molar-refractivity contribution in [1.82, 2.24) is 0 Å². The second-order valence-corrected chi connectivity index (χ2v) is 2.98. The molecule has 1 heteroatoms. The lowest BCUT2D eigenvalue weighted by atomic mass is 10.1. The zero-order valence-electron chi connectivity index (χ0n) is 7.07. The second kappa shape index (κ2) is 3.00. The van der Waals surface area contributed by atoms with Crippen LogP contribution < -0.4 is 0 Å². The summed E-state index contributed by atoms with van der Waals surface area (Å²) in [7, 11) is 0. The molecule has 0 saturated carbocycles. The summed E-state index contributed by atoms with van der Waals surface area (Å²) < 4.78 is 0. The van der Waals surface area contributed by atoms with E-state index in [1.807, 2.05) is 0 Å². The van der Waals surface area contributed by atoms with Gasteiger partial charge < -0.3 is 0 Å². The number of nitrogens with zero attached hydrogens (tertiary/aromatic N) is 1. The fourth-order valence-electron chi connectivity index (χ4n) is 1.18. The lowest BCUT2D eigenvalue weighted by Crippen LogP contribution is -1.86. The van der Waals surface area contributed by atoms with E-state index < -0.39 is 0 Å². The number of aliphatic imine (C=N–C) groups is 1. The van der Waals surface area contributed by atoms with Crippen molar-refractivity contribution in [3.8, 4) is 0 Å². The van der Waals surface area contributed by atoms with Crippen molar-refractivity contribution in [2.75, 3.05) is 0 Å². The van der Waals surface area contributed by atoms with Gasteiger partial charge in [0.2, 0.25) is 0 Å². The maximum Gasteiger partial charge on any atom is 0.0393 e. The number of rotatable bonds is 1. The van der Waals surface area contributed by atoms with Crippen LogP contribution in [0.25, 0.3) is 0 Å². The summed E-state index contributed by atoms with van der Waals surface area (Å²) in [6, 6.07) is 0. The Kier molecular flexibility index (Phi) is 2.25. The molecule has 1 aliphatic heterocycles. The zero-order valence-corrected chi connectivity index (χ0v) is 7.07. The van der Waals surface area contributed by atoms with Crippen molar-refractivity contribution in [3.63, 3.8) is 0 Å². The molecule has 0 fully saturated rings. The van der Waals surface area contributed by atoms with Crippen molar-refractivity contribution in [3.05, 3.63) is 11.3 Å². The summed E-state index contributed by atoms with van der Waals surface area (Å²) in [6.45, 7) is 6.45. The molecule has 0 aliphatic carbocycles. The van der Waals surface area contributed by atoms with Crippen LogP contribution in [0.5, 0.6) is 0 Å². The predicted molar refractivity (Wildman–Crippen MR) is 45.3 cm³/mol. The fourth-order valence-corrected chi connectivity index (χ4v) is 1.18. The van der Waals surface area contributed by atoms with Gasteiger partial charge in [-0.05, 0) is 33.1 Å². The van der Waals surface area contributed by atoms with E-state index in [9.17, 15) is 0 Å². The largest absolute Gasteiger partial charge is 0.262 e. The second-order valence-electron chi connectivity index (χ2n) is 2.98. The smallest absolute Gasteiger partial charge is 0.0393 e. The van der Waals surface area contributed by atoms with E-state index in [4.69, 9.17) is 0 Å². The van der Waals surface area contributed by atoms with E-state index in [0.717, 1.165) is 6.42 Å². The summed E-state index contributed by atoms with van der Waals surface area (Å²) in [5, 5.41) is 0. The van der Waals surface area contributed by atoms with Crippen LogP contribution in [-0.4, -0.2) is 5.71 Å². The third-order valence-corrected chi connectivity index (χ3v) is 1.93. The van der Waals surface area contributed by atoms with Crippen molar-refractivity contribution < 1.29 is 0 Å². The third kappa shape index (κ3) is 1.47. The molecule has 1 rings (SSSR count). The summed E-state index contributed by atoms with van der Waals surface area (Å²) in [5.74, 6) is 0. The number of hydrogen-bond donors (Lipinski definition) is 0. The summed E-state index contributed by atoms with van der Waals surface area (Å²) in [6.07, 6.45) is 3.49. The van der Waals surface area contributed by atoms with Crippen LogP contribution in [0.4, 0.5) is 0 Å². The lowest BCUT2D eigenvalue weighted by molar-refractivity contribution is 1.02. The molecule has 0 N–H and O–H groups in total. The minimum absolute atomic E-state index is 1.12. The van der Waals surface area contributed by atoms with Crippen molar-refractivity contribution >= 4 is 5.71 Å². The van der Waals surface area contributed by atoms with E-state index >= 15 is 0 Å². The monoisotopic (exact) mass is 137 g/mol. The van der Waals surface area contributed by atoms with Gasteiger partial charge in [-0.25, -0.2) is 0 Å². The van der Waals surface area contributed by atoms with Gasteiger partial charge in [-0.2, -0.15) is 0 Å². The highest BCUT2D eigenvalue weighted by molar-refractivity contribution is 5.87. The highest BCUT2D eigenvalue weighted by Crippen LogP contribution is 2.21. The van der Waals surface area contributed by atoms with Gasteiger partial charge in [0, 0.05) is 11.4 Å². The van der Waals surface area contributed by atoms with Gasteiger partial charge in [0.05, 0.1) is 0 Å². The molecular weight excluding hydrogens is 122 g/mol. The Hall–Kier alpha value is -0.590. The molecule has 1 aliphatic rings. The van der Waals surface area contributed by atoms with E-state index in [2.05, 4.69) is 25.8 Å². The van der Waals surface area contributed by atoms with Crippen LogP contribution in [0.2, 0.25) is 0 Å². The normalized spacial score (nSPS) is 17.5. The molecule has 1 nitrogen and oxygen atoms in total. The average Bonchev–Trinajstić information content (AvgIpc) is 2.34. The summed E-state index contributed by atoms with van der Waals surface area (Å²) >= 11 is 0. The standard InChI is InChI=1S/C9H15N/c1-4-8-5-6-9(10-8)7(2)3/h4-6H2,1-3H3. The van der Waals surface area contributed by atoms with Crippen LogP contribution in [0.1, 0.15) is 40.0 Å². The Morgan fingerprint density at radius 3 is 2.40 bits per heavy atom. The summed E-state index contributed by atoms with van der Waals surface area (Å²) in [5.41, 5.74) is 4.07. The topological polar surface area (TPSA) is 12.4 Å². The van der Waals surface area contributed by atoms with Crippen LogP contribution in [0, 0.1) is 0 Å². The van der Waals surface area contributed by atoms with Gasteiger partial charge in [-0.3, -0.25) is 4.99 Å². The van der Waals surface area contributed by atoms with Crippen LogP contribution in [0.3, 0.4) is 0 Å². The fraction of sp³-hybridized carbons (Fsp3) is 0.667. The van der Waals surface area contributed by atoms with Crippen molar-refractivity contribution in [1.29, 1.82) is 0 Å². The van der Waals surface area contributed by atoms with Crippen LogP contribution in [0.15, 0.2) is 16.3 Å². The van der Waals surface area contributed by atoms with E-state index in [-0.39, 0.29) is 0 Å². The van der Waals surface area contributed by atoms with Crippen molar-refractivity contribution in [2.24, 2.45) is 4.99 Å². The predicted octanol–water partition coefficient (Wildman–Crippen LogP) is 2.93. The first-order valence-electron chi connectivity index (χ1n) is 3.96. The Morgan fingerprint density at radius 1 is 1.40 bits per heavy atom. The quantitative estimate of drug-likeness (QED) is 0.527. The molecule has 0 radical (unpaired) electrons. The molecule has 0 amide bonds. The molecule has 0 aromatic heterocycles. The van der Waals surface area contributed by atoms with Crippen LogP contribution in [-0.2, 0) is 0 Å². The summed E-state index contributed by atoms with van der Waals surface area (Å²) in [4.78, 5) is 4.50. The van der Waals surface area contributed by atoms with E-state index in [0.29, 0.717) is 0 Å². The molecule has 56 valence electrons. The molecule has 0 aromatic rings. The average molecular weight is 137 g/mol. The highest BCUT2D eigenvalue weighted by Gasteiger charge is 2.09. The van der Waals surface area contributed by atoms with Gasteiger partial charge in [0.15, 0.2) is 0 Å². The molecule has 0 aromatic carbocycles.